The number of nitrogens with zero attached hydrogens (tertiary/aromatic N) is 1. The number of thiazole rings is 1. The van der Waals surface area contributed by atoms with Crippen molar-refractivity contribution >= 4 is 32.2 Å². The van der Waals surface area contributed by atoms with Gasteiger partial charge in [-0.25, -0.2) is 13.4 Å². The molecule has 2 aromatic rings. The van der Waals surface area contributed by atoms with E-state index in [0.717, 1.165) is 36.3 Å². The van der Waals surface area contributed by atoms with Gasteiger partial charge in [0.1, 0.15) is 5.75 Å². The minimum atomic E-state index is -3.75. The van der Waals surface area contributed by atoms with Crippen LogP contribution in [0, 0.1) is 0 Å². The van der Waals surface area contributed by atoms with E-state index in [-0.39, 0.29) is 16.3 Å². The lowest BCUT2D eigenvalue weighted by atomic mass is 10.0. The predicted octanol–water partition coefficient (Wildman–Crippen LogP) is 2.11. The van der Waals surface area contributed by atoms with Crippen LogP contribution in [-0.4, -0.2) is 18.5 Å². The molecule has 3 rings (SSSR count). The van der Waals surface area contributed by atoms with Gasteiger partial charge in [-0.05, 0) is 43.9 Å². The van der Waals surface area contributed by atoms with E-state index < -0.39 is 10.0 Å². The molecule has 1 aromatic heterocycles. The predicted molar refractivity (Wildman–Crippen MR) is 82.1 cm³/mol. The molecule has 0 saturated heterocycles. The van der Waals surface area contributed by atoms with E-state index in [9.17, 15) is 13.5 Å². The zero-order valence-corrected chi connectivity index (χ0v) is 12.8. The number of aromatic hydroxyl groups is 1. The summed E-state index contributed by atoms with van der Waals surface area (Å²) in [5.41, 5.74) is 6.55. The molecule has 6 nitrogen and oxygen atoms in total. The molecule has 8 heteroatoms. The Morgan fingerprint density at radius 2 is 2.05 bits per heavy atom. The Balaban J connectivity index is 1.88. The number of aryl methyl sites for hydroxylation is 2. The number of anilines is 2. The van der Waals surface area contributed by atoms with Gasteiger partial charge >= 0.3 is 0 Å². The molecular weight excluding hydrogens is 310 g/mol. The maximum Gasteiger partial charge on any atom is 0.263 e. The first kappa shape index (κ1) is 14.2. The zero-order valence-electron chi connectivity index (χ0n) is 11.2. The molecule has 21 heavy (non-hydrogen) atoms. The number of nitrogens with one attached hydrogen (secondary N) is 1. The van der Waals surface area contributed by atoms with Crippen molar-refractivity contribution in [1.29, 1.82) is 0 Å². The summed E-state index contributed by atoms with van der Waals surface area (Å²) in [6, 6.07) is 3.80. The van der Waals surface area contributed by atoms with E-state index >= 15 is 0 Å². The van der Waals surface area contributed by atoms with Gasteiger partial charge in [0.25, 0.3) is 10.0 Å². The topological polar surface area (TPSA) is 105 Å². The fourth-order valence-corrected chi connectivity index (χ4v) is 4.59. The van der Waals surface area contributed by atoms with Crippen molar-refractivity contribution in [3.05, 3.63) is 28.8 Å². The molecule has 4 N–H and O–H groups in total. The fraction of sp³-hybridized carbons (Fsp3) is 0.308. The fourth-order valence-electron chi connectivity index (χ4n) is 2.27. The van der Waals surface area contributed by atoms with E-state index in [1.165, 1.54) is 29.5 Å². The number of fused-ring (bicyclic) bond motifs is 1. The van der Waals surface area contributed by atoms with Crippen LogP contribution in [0.5, 0.6) is 5.75 Å². The highest BCUT2D eigenvalue weighted by Crippen LogP contribution is 2.31. The molecule has 1 aromatic carbocycles. The average molecular weight is 325 g/mol. The minimum absolute atomic E-state index is 0.00553. The Labute approximate surface area is 126 Å². The first-order chi connectivity index (χ1) is 9.95. The highest BCUT2D eigenvalue weighted by atomic mass is 32.2. The smallest absolute Gasteiger partial charge is 0.263 e. The average Bonchev–Trinajstić information content (AvgIpc) is 2.82. The van der Waals surface area contributed by atoms with Crippen molar-refractivity contribution in [2.24, 2.45) is 0 Å². The van der Waals surface area contributed by atoms with Crippen molar-refractivity contribution < 1.29 is 13.5 Å². The second-order valence-electron chi connectivity index (χ2n) is 4.92. The van der Waals surface area contributed by atoms with Gasteiger partial charge in [-0.15, -0.1) is 11.3 Å². The number of rotatable bonds is 3. The molecule has 1 aliphatic carbocycles. The molecule has 0 amide bonds. The number of sulfonamides is 1. The SMILES string of the molecule is Nc1cc(S(=O)(=O)Nc2nc3c(s2)CCCC3)ccc1O. The molecular formula is C13H15N3O3S2. The normalized spacial score (nSPS) is 14.7. The summed E-state index contributed by atoms with van der Waals surface area (Å²) < 4.78 is 27.1. The summed E-state index contributed by atoms with van der Waals surface area (Å²) >= 11 is 1.38. The molecule has 0 radical (unpaired) electrons. The summed E-state index contributed by atoms with van der Waals surface area (Å²) in [6.07, 6.45) is 4.08. The summed E-state index contributed by atoms with van der Waals surface area (Å²) in [7, 11) is -3.75. The lowest BCUT2D eigenvalue weighted by molar-refractivity contribution is 0.477. The maximum atomic E-state index is 12.3. The molecule has 1 heterocycles. The first-order valence-electron chi connectivity index (χ1n) is 6.55. The minimum Gasteiger partial charge on any atom is -0.506 e. The molecule has 1 aliphatic rings. The van der Waals surface area contributed by atoms with Gasteiger partial charge in [-0.3, -0.25) is 4.72 Å². The van der Waals surface area contributed by atoms with Gasteiger partial charge in [0.05, 0.1) is 16.3 Å². The Kier molecular flexibility index (Phi) is 3.50. The van der Waals surface area contributed by atoms with Crippen LogP contribution in [-0.2, 0) is 22.9 Å². The monoisotopic (exact) mass is 325 g/mol. The van der Waals surface area contributed by atoms with Gasteiger partial charge < -0.3 is 10.8 Å². The van der Waals surface area contributed by atoms with Crippen molar-refractivity contribution in [2.45, 2.75) is 30.6 Å². The van der Waals surface area contributed by atoms with Crippen LogP contribution in [0.2, 0.25) is 0 Å². The molecule has 0 unspecified atom stereocenters. The van der Waals surface area contributed by atoms with E-state index in [1.807, 2.05) is 0 Å². The van der Waals surface area contributed by atoms with Crippen LogP contribution < -0.4 is 10.5 Å². The van der Waals surface area contributed by atoms with Gasteiger partial charge in [-0.2, -0.15) is 0 Å². The van der Waals surface area contributed by atoms with Crippen LogP contribution in [0.25, 0.3) is 0 Å². The number of hydrogen-bond acceptors (Lipinski definition) is 6. The van der Waals surface area contributed by atoms with E-state index in [2.05, 4.69) is 9.71 Å². The molecule has 112 valence electrons. The van der Waals surface area contributed by atoms with Crippen molar-refractivity contribution in [2.75, 3.05) is 10.5 Å². The van der Waals surface area contributed by atoms with Crippen molar-refractivity contribution in [1.82, 2.24) is 4.98 Å². The van der Waals surface area contributed by atoms with E-state index in [0.29, 0.717) is 5.13 Å². The Bertz CT molecular complexity index is 760. The summed E-state index contributed by atoms with van der Waals surface area (Å²) in [4.78, 5) is 5.51. The Morgan fingerprint density at radius 1 is 1.29 bits per heavy atom. The van der Waals surface area contributed by atoms with Gasteiger partial charge in [0.2, 0.25) is 0 Å². The molecule has 0 spiro atoms. The summed E-state index contributed by atoms with van der Waals surface area (Å²) in [5, 5.41) is 9.74. The molecule has 0 bridgehead atoms. The number of phenolic OH excluding ortho intramolecular Hbond substituents is 1. The standard InChI is InChI=1S/C13H15N3O3S2/c14-9-7-8(5-6-11(9)17)21(18,19)16-13-15-10-3-1-2-4-12(10)20-13/h5-7,17H,1-4,14H2,(H,15,16). The number of hydrogen-bond donors (Lipinski definition) is 3. The third kappa shape index (κ3) is 2.81. The third-order valence-electron chi connectivity index (χ3n) is 3.38. The van der Waals surface area contributed by atoms with E-state index in [4.69, 9.17) is 5.73 Å². The number of aromatic nitrogens is 1. The highest BCUT2D eigenvalue weighted by Gasteiger charge is 2.20. The second-order valence-corrected chi connectivity index (χ2v) is 7.69. The second kappa shape index (κ2) is 5.19. The van der Waals surface area contributed by atoms with Crippen LogP contribution in [0.15, 0.2) is 23.1 Å². The number of nitrogen functional groups attached to an aromatic ring is 1. The Hall–Kier alpha value is -1.80. The summed E-state index contributed by atoms with van der Waals surface area (Å²) in [5.74, 6) is -0.140. The molecule has 0 fully saturated rings. The molecule has 0 atom stereocenters. The first-order valence-corrected chi connectivity index (χ1v) is 8.85. The zero-order chi connectivity index (χ0) is 15.0. The van der Waals surface area contributed by atoms with Crippen LogP contribution >= 0.6 is 11.3 Å². The van der Waals surface area contributed by atoms with Gasteiger partial charge in [0.15, 0.2) is 5.13 Å². The molecule has 0 saturated carbocycles. The maximum absolute atomic E-state index is 12.3. The molecule has 0 aliphatic heterocycles. The number of phenols is 1. The van der Waals surface area contributed by atoms with Crippen LogP contribution in [0.3, 0.4) is 0 Å². The van der Waals surface area contributed by atoms with Gasteiger partial charge in [0, 0.05) is 4.88 Å². The largest absolute Gasteiger partial charge is 0.506 e. The Morgan fingerprint density at radius 3 is 2.76 bits per heavy atom. The van der Waals surface area contributed by atoms with Crippen LogP contribution in [0.1, 0.15) is 23.4 Å². The lowest BCUT2D eigenvalue weighted by Crippen LogP contribution is -2.13. The van der Waals surface area contributed by atoms with Gasteiger partial charge in [-0.1, -0.05) is 0 Å². The quantitative estimate of drug-likeness (QED) is 0.592. The van der Waals surface area contributed by atoms with E-state index in [1.54, 1.807) is 0 Å². The van der Waals surface area contributed by atoms with Crippen molar-refractivity contribution in [3.63, 3.8) is 0 Å². The number of benzene rings is 1. The lowest BCUT2D eigenvalue weighted by Gasteiger charge is -2.06. The highest BCUT2D eigenvalue weighted by molar-refractivity contribution is 7.93. The summed E-state index contributed by atoms with van der Waals surface area (Å²) in [6.45, 7) is 0. The van der Waals surface area contributed by atoms with Crippen LogP contribution in [0.4, 0.5) is 10.8 Å². The van der Waals surface area contributed by atoms with Crippen molar-refractivity contribution in [3.8, 4) is 5.75 Å². The number of nitrogens with two attached hydrogens (primary N) is 1. The third-order valence-corrected chi connectivity index (χ3v) is 5.92.